The number of hydrogen-bond acceptors (Lipinski definition) is 8. The monoisotopic (exact) mass is 453 g/mol. The number of hydrogen-bond donors (Lipinski definition) is 1. The molecule has 10 nitrogen and oxygen atoms in total. The molecule has 0 atom stereocenters. The lowest BCUT2D eigenvalue weighted by Crippen LogP contribution is -2.45. The molecule has 0 aliphatic carbocycles. The molecule has 0 aliphatic heterocycles. The number of esters is 1. The van der Waals surface area contributed by atoms with E-state index in [-0.39, 0.29) is 18.2 Å². The average molecular weight is 453 g/mol. The number of methoxy groups -OCH3 is 1. The summed E-state index contributed by atoms with van der Waals surface area (Å²) in [5.41, 5.74) is 1.11. The van der Waals surface area contributed by atoms with Crippen LogP contribution in [-0.4, -0.2) is 58.2 Å². The van der Waals surface area contributed by atoms with Gasteiger partial charge in [-0.05, 0) is 50.6 Å². The molecule has 0 fully saturated rings. The number of ether oxygens (including phenoxy) is 3. The summed E-state index contributed by atoms with van der Waals surface area (Å²) >= 11 is 0. The van der Waals surface area contributed by atoms with Crippen molar-refractivity contribution in [1.29, 1.82) is 0 Å². The minimum Gasteiger partial charge on any atom is -0.481 e. The highest BCUT2D eigenvalue weighted by Crippen LogP contribution is 2.27. The average Bonchev–Trinajstić information content (AvgIpc) is 3.23. The summed E-state index contributed by atoms with van der Waals surface area (Å²) in [4.78, 5) is 28.7. The maximum absolute atomic E-state index is 12.5. The van der Waals surface area contributed by atoms with Crippen LogP contribution in [0.5, 0.6) is 11.6 Å². The molecular formula is C23H27N5O5. The number of aromatic nitrogens is 4. The smallest absolute Gasteiger partial charge is 0.361 e. The molecule has 174 valence electrons. The van der Waals surface area contributed by atoms with Crippen LogP contribution in [0.3, 0.4) is 0 Å². The Kier molecular flexibility index (Phi) is 7.27. The minimum absolute atomic E-state index is 0.109. The number of carbonyl (C=O) groups excluding carboxylic acids is 2. The van der Waals surface area contributed by atoms with Crippen LogP contribution in [0.4, 0.5) is 0 Å². The summed E-state index contributed by atoms with van der Waals surface area (Å²) in [6, 6.07) is 10.6. The van der Waals surface area contributed by atoms with Crippen LogP contribution in [0.2, 0.25) is 0 Å². The van der Waals surface area contributed by atoms with Crippen molar-refractivity contribution in [3.63, 3.8) is 0 Å². The molecule has 33 heavy (non-hydrogen) atoms. The van der Waals surface area contributed by atoms with Crippen LogP contribution in [0.1, 0.15) is 36.8 Å². The van der Waals surface area contributed by atoms with Crippen molar-refractivity contribution in [1.82, 2.24) is 25.3 Å². The molecule has 2 heterocycles. The Balaban J connectivity index is 1.94. The van der Waals surface area contributed by atoms with E-state index in [1.165, 1.54) is 0 Å². The molecule has 0 saturated heterocycles. The Morgan fingerprint density at radius 3 is 2.42 bits per heavy atom. The fourth-order valence-corrected chi connectivity index (χ4v) is 3.17. The first kappa shape index (κ1) is 23.7. The van der Waals surface area contributed by atoms with Crippen LogP contribution in [0.25, 0.3) is 11.3 Å². The van der Waals surface area contributed by atoms with Gasteiger partial charge in [0.1, 0.15) is 11.4 Å². The third-order valence-electron chi connectivity index (χ3n) is 4.82. The maximum Gasteiger partial charge on any atom is 0.361 e. The molecule has 0 saturated carbocycles. The molecular weight excluding hydrogens is 426 g/mol. The number of rotatable bonds is 9. The van der Waals surface area contributed by atoms with Crippen LogP contribution in [-0.2, 0) is 16.1 Å². The van der Waals surface area contributed by atoms with E-state index in [0.717, 1.165) is 5.56 Å². The van der Waals surface area contributed by atoms with E-state index in [2.05, 4.69) is 20.6 Å². The van der Waals surface area contributed by atoms with Crippen molar-refractivity contribution in [2.45, 2.75) is 32.9 Å². The number of nitrogens with zero attached hydrogens (tertiary/aromatic N) is 4. The molecule has 0 unspecified atom stereocenters. The Labute approximate surface area is 191 Å². The van der Waals surface area contributed by atoms with E-state index < -0.39 is 11.6 Å². The quantitative estimate of drug-likeness (QED) is 0.491. The first-order chi connectivity index (χ1) is 15.8. The van der Waals surface area contributed by atoms with Gasteiger partial charge in [0.25, 0.3) is 5.91 Å². The van der Waals surface area contributed by atoms with Crippen molar-refractivity contribution in [2.75, 3.05) is 20.8 Å². The number of carbonyl (C=O) groups is 2. The fraction of sp³-hybridized carbons (Fsp3) is 0.348. The molecule has 0 spiro atoms. The Bertz CT molecular complexity index is 1110. The largest absolute Gasteiger partial charge is 0.481 e. The lowest BCUT2D eigenvalue weighted by molar-refractivity contribution is -0.133. The predicted octanol–water partition coefficient (Wildman–Crippen LogP) is 2.48. The van der Waals surface area contributed by atoms with Crippen LogP contribution in [0, 0.1) is 0 Å². The summed E-state index contributed by atoms with van der Waals surface area (Å²) in [7, 11) is 3.10. The first-order valence-electron chi connectivity index (χ1n) is 10.4. The highest BCUT2D eigenvalue weighted by Gasteiger charge is 2.29. The zero-order valence-corrected chi connectivity index (χ0v) is 19.3. The van der Waals surface area contributed by atoms with Gasteiger partial charge in [-0.3, -0.25) is 4.79 Å². The van der Waals surface area contributed by atoms with Crippen molar-refractivity contribution in [3.8, 4) is 22.9 Å². The second-order valence-electron chi connectivity index (χ2n) is 7.59. The van der Waals surface area contributed by atoms with E-state index >= 15 is 0 Å². The SMILES string of the molecule is CCOC(=O)c1nnn(Cc2ccc(OC)nc2)c1-c1ccc(OC(C)(C)C(=O)NC)cc1. The lowest BCUT2D eigenvalue weighted by Gasteiger charge is -2.24. The Morgan fingerprint density at radius 2 is 1.85 bits per heavy atom. The third-order valence-corrected chi connectivity index (χ3v) is 4.82. The van der Waals surface area contributed by atoms with E-state index in [1.54, 1.807) is 76.1 Å². The van der Waals surface area contributed by atoms with Crippen LogP contribution >= 0.6 is 0 Å². The Morgan fingerprint density at radius 1 is 1.12 bits per heavy atom. The topological polar surface area (TPSA) is 117 Å². The van der Waals surface area contributed by atoms with E-state index in [1.807, 2.05) is 6.07 Å². The van der Waals surface area contributed by atoms with Gasteiger partial charge >= 0.3 is 5.97 Å². The number of pyridine rings is 1. The van der Waals surface area contributed by atoms with Gasteiger partial charge in [-0.1, -0.05) is 11.3 Å². The molecule has 0 radical (unpaired) electrons. The molecule has 3 aromatic rings. The highest BCUT2D eigenvalue weighted by atomic mass is 16.5. The second kappa shape index (κ2) is 10.1. The Hall–Kier alpha value is -3.95. The number of likely N-dealkylation sites (N-methyl/N-ethyl adjacent to an activating group) is 1. The summed E-state index contributed by atoms with van der Waals surface area (Å²) in [6.45, 7) is 5.64. The number of nitrogens with one attached hydrogen (secondary N) is 1. The lowest BCUT2D eigenvalue weighted by atomic mass is 10.1. The molecule has 0 aliphatic rings. The van der Waals surface area contributed by atoms with Gasteiger partial charge < -0.3 is 19.5 Å². The van der Waals surface area contributed by atoms with Gasteiger partial charge in [-0.2, -0.15) is 0 Å². The zero-order valence-electron chi connectivity index (χ0n) is 19.3. The van der Waals surface area contributed by atoms with Crippen molar-refractivity contribution < 1.29 is 23.8 Å². The van der Waals surface area contributed by atoms with Gasteiger partial charge in [0.2, 0.25) is 5.88 Å². The van der Waals surface area contributed by atoms with Crippen molar-refractivity contribution in [2.24, 2.45) is 0 Å². The predicted molar refractivity (Wildman–Crippen MR) is 120 cm³/mol. The molecule has 1 aromatic carbocycles. The van der Waals surface area contributed by atoms with Gasteiger partial charge in [0.05, 0.1) is 20.3 Å². The zero-order chi connectivity index (χ0) is 24.0. The number of benzene rings is 1. The van der Waals surface area contributed by atoms with Gasteiger partial charge in [0.15, 0.2) is 11.3 Å². The minimum atomic E-state index is -1.04. The summed E-state index contributed by atoms with van der Waals surface area (Å²) < 4.78 is 17.7. The van der Waals surface area contributed by atoms with Crippen molar-refractivity contribution >= 4 is 11.9 Å². The molecule has 3 rings (SSSR count). The molecule has 1 amide bonds. The summed E-state index contributed by atoms with van der Waals surface area (Å²) in [5, 5.41) is 10.8. The van der Waals surface area contributed by atoms with E-state index in [9.17, 15) is 9.59 Å². The van der Waals surface area contributed by atoms with E-state index in [4.69, 9.17) is 14.2 Å². The van der Waals surface area contributed by atoms with Crippen LogP contribution in [0.15, 0.2) is 42.6 Å². The summed E-state index contributed by atoms with van der Waals surface area (Å²) in [6.07, 6.45) is 1.67. The van der Waals surface area contributed by atoms with Gasteiger partial charge in [-0.25, -0.2) is 14.5 Å². The maximum atomic E-state index is 12.5. The highest BCUT2D eigenvalue weighted by molar-refractivity contribution is 5.94. The molecule has 10 heteroatoms. The fourth-order valence-electron chi connectivity index (χ4n) is 3.17. The molecule has 1 N–H and O–H groups in total. The van der Waals surface area contributed by atoms with Gasteiger partial charge in [0, 0.05) is 24.9 Å². The second-order valence-corrected chi connectivity index (χ2v) is 7.59. The molecule has 2 aromatic heterocycles. The van der Waals surface area contributed by atoms with E-state index in [0.29, 0.717) is 29.4 Å². The normalized spacial score (nSPS) is 11.1. The number of amides is 1. The standard InChI is InChI=1S/C23H27N5O5/c1-6-32-21(29)19-20(28(27-26-19)14-15-7-12-18(31-5)25-13-15)16-8-10-17(11-9-16)33-23(2,3)22(30)24-4/h7-13H,6,14H2,1-5H3,(H,24,30). The first-order valence-corrected chi connectivity index (χ1v) is 10.4. The van der Waals surface area contributed by atoms with Gasteiger partial charge in [-0.15, -0.1) is 5.10 Å². The van der Waals surface area contributed by atoms with Crippen LogP contribution < -0.4 is 14.8 Å². The molecule has 0 bridgehead atoms. The van der Waals surface area contributed by atoms with Crippen molar-refractivity contribution in [3.05, 3.63) is 53.9 Å². The third kappa shape index (κ3) is 5.46. The summed E-state index contributed by atoms with van der Waals surface area (Å²) in [5.74, 6) is 0.197.